The summed E-state index contributed by atoms with van der Waals surface area (Å²) in [6.07, 6.45) is 5.49. The fourth-order valence-corrected chi connectivity index (χ4v) is 2.66. The molecular weight excluding hydrogens is 278 g/mol. The molecule has 2 heterocycles. The second-order valence-corrected chi connectivity index (χ2v) is 5.35. The lowest BCUT2D eigenvalue weighted by Crippen LogP contribution is -2.39. The van der Waals surface area contributed by atoms with Crippen LogP contribution in [0.3, 0.4) is 0 Å². The zero-order chi connectivity index (χ0) is 15.4. The molecule has 0 unspecified atom stereocenters. The number of carbonyl (C=O) groups excluding carboxylic acids is 1. The van der Waals surface area contributed by atoms with Crippen LogP contribution in [0.4, 0.5) is 11.6 Å². The number of benzene rings is 1. The highest BCUT2D eigenvalue weighted by Gasteiger charge is 2.20. The Morgan fingerprint density at radius 3 is 2.36 bits per heavy atom. The van der Waals surface area contributed by atoms with Crippen molar-refractivity contribution < 1.29 is 4.79 Å². The van der Waals surface area contributed by atoms with Crippen LogP contribution in [0.2, 0.25) is 0 Å². The van der Waals surface area contributed by atoms with Gasteiger partial charge in [-0.1, -0.05) is 0 Å². The monoisotopic (exact) mass is 296 g/mol. The van der Waals surface area contributed by atoms with Gasteiger partial charge in [-0.25, -0.2) is 9.97 Å². The molecule has 0 atom stereocenters. The molecule has 22 heavy (non-hydrogen) atoms. The van der Waals surface area contributed by atoms with Gasteiger partial charge in [0.15, 0.2) is 0 Å². The van der Waals surface area contributed by atoms with Gasteiger partial charge < -0.3 is 10.2 Å². The van der Waals surface area contributed by atoms with Crippen LogP contribution in [0.15, 0.2) is 42.7 Å². The third kappa shape index (κ3) is 3.33. The number of amides is 1. The molecule has 0 aliphatic carbocycles. The highest BCUT2D eigenvalue weighted by molar-refractivity contribution is 5.92. The van der Waals surface area contributed by atoms with Gasteiger partial charge in [0.05, 0.1) is 0 Å². The summed E-state index contributed by atoms with van der Waals surface area (Å²) in [7, 11) is 0. The molecule has 6 heteroatoms. The molecule has 0 spiro atoms. The number of hydrogen-bond acceptors (Lipinski definition) is 5. The lowest BCUT2D eigenvalue weighted by atomic mass is 10.0. The van der Waals surface area contributed by atoms with Gasteiger partial charge in [-0.05, 0) is 43.2 Å². The molecule has 0 saturated carbocycles. The average molecular weight is 296 g/mol. The third-order valence-corrected chi connectivity index (χ3v) is 3.89. The van der Waals surface area contributed by atoms with Gasteiger partial charge in [-0.15, -0.1) is 0 Å². The smallest absolute Gasteiger partial charge is 0.269 e. The summed E-state index contributed by atoms with van der Waals surface area (Å²) in [4.78, 5) is 21.7. The zero-order valence-corrected chi connectivity index (χ0v) is 12.2. The molecule has 1 aliphatic rings. The van der Waals surface area contributed by atoms with Crippen LogP contribution in [0, 0.1) is 0 Å². The first kappa shape index (κ1) is 14.3. The molecule has 1 aliphatic heterocycles. The van der Waals surface area contributed by atoms with Crippen molar-refractivity contribution in [2.75, 3.05) is 23.3 Å². The van der Waals surface area contributed by atoms with Gasteiger partial charge >= 0.3 is 0 Å². The van der Waals surface area contributed by atoms with E-state index in [1.165, 1.54) is 0 Å². The van der Waals surface area contributed by atoms with Crippen LogP contribution < -0.4 is 16.0 Å². The number of hydrogen-bond donors (Lipinski definition) is 1. The van der Waals surface area contributed by atoms with E-state index >= 15 is 0 Å². The fourth-order valence-electron chi connectivity index (χ4n) is 2.66. The Bertz CT molecular complexity index is 621. The quantitative estimate of drug-likeness (QED) is 0.933. The molecule has 1 aromatic heterocycles. The van der Waals surface area contributed by atoms with Crippen molar-refractivity contribution >= 4 is 17.5 Å². The number of anilines is 2. The highest BCUT2D eigenvalue weighted by atomic mass is 16.1. The zero-order valence-electron chi connectivity index (χ0n) is 12.2. The van der Waals surface area contributed by atoms with E-state index in [-0.39, 0.29) is 0 Å². The summed E-state index contributed by atoms with van der Waals surface area (Å²) in [5.41, 5.74) is 8.62. The number of nitrogens with one attached hydrogen (secondary N) is 2. The highest BCUT2D eigenvalue weighted by Crippen LogP contribution is 2.21. The molecule has 3 rings (SSSR count). The minimum atomic E-state index is -0.641. The molecule has 1 amide bonds. The minimum absolute atomic E-state index is 0.382. The molecule has 1 radical (unpaired) electrons. The summed E-state index contributed by atoms with van der Waals surface area (Å²) in [5.74, 6) is 0.0385. The van der Waals surface area contributed by atoms with E-state index in [4.69, 9.17) is 5.73 Å². The maximum atomic E-state index is 11.0. The fraction of sp³-hybridized carbons (Fsp3) is 0.312. The first-order chi connectivity index (χ1) is 10.7. The maximum Gasteiger partial charge on any atom is 0.269 e. The van der Waals surface area contributed by atoms with Crippen molar-refractivity contribution in [1.82, 2.24) is 15.7 Å². The summed E-state index contributed by atoms with van der Waals surface area (Å²) >= 11 is 0. The Balaban J connectivity index is 1.56. The minimum Gasteiger partial charge on any atom is -0.371 e. The van der Waals surface area contributed by atoms with E-state index in [2.05, 4.69) is 20.2 Å². The molecule has 6 nitrogen and oxygen atoms in total. The Morgan fingerprint density at radius 2 is 1.77 bits per heavy atom. The summed E-state index contributed by atoms with van der Waals surface area (Å²) < 4.78 is 0. The lowest BCUT2D eigenvalue weighted by molar-refractivity contribution is 0.0992. The average Bonchev–Trinajstić information content (AvgIpc) is 2.57. The molecule has 2 aromatic rings. The van der Waals surface area contributed by atoms with Crippen LogP contribution in [-0.4, -0.2) is 35.0 Å². The molecule has 1 aromatic carbocycles. The molecular formula is C16H18N5O. The summed E-state index contributed by atoms with van der Waals surface area (Å²) in [6.45, 7) is 1.89. The predicted molar refractivity (Wildman–Crippen MR) is 84.8 cm³/mol. The van der Waals surface area contributed by atoms with Gasteiger partial charge in [-0.3, -0.25) is 10.5 Å². The number of carbonyl (C=O) groups is 1. The topological polar surface area (TPSA) is 81.9 Å². The maximum absolute atomic E-state index is 11.0. The van der Waals surface area contributed by atoms with Gasteiger partial charge in [-0.2, -0.15) is 0 Å². The van der Waals surface area contributed by atoms with Gasteiger partial charge in [0, 0.05) is 42.8 Å². The van der Waals surface area contributed by atoms with E-state index in [0.717, 1.165) is 31.6 Å². The standard InChI is InChI=1S/C16H18N5O/c17-15(22)12-2-4-14(5-3-12)21-10-6-13(7-11-21)20-16-18-8-1-9-19-16/h1-5,8-9,13,17H,6-7,10-11H2,(H,18,19,20). The third-order valence-electron chi connectivity index (χ3n) is 3.89. The van der Waals surface area contributed by atoms with E-state index < -0.39 is 5.91 Å². The van der Waals surface area contributed by atoms with Crippen molar-refractivity contribution in [1.29, 1.82) is 0 Å². The van der Waals surface area contributed by atoms with Crippen LogP contribution in [0.1, 0.15) is 23.2 Å². The van der Waals surface area contributed by atoms with Crippen LogP contribution in [0.25, 0.3) is 0 Å². The van der Waals surface area contributed by atoms with Crippen molar-refractivity contribution in [3.8, 4) is 0 Å². The normalized spacial score (nSPS) is 15.5. The first-order valence-electron chi connectivity index (χ1n) is 7.37. The molecule has 1 saturated heterocycles. The Hall–Kier alpha value is -2.63. The van der Waals surface area contributed by atoms with Crippen molar-refractivity contribution in [3.05, 3.63) is 48.3 Å². The largest absolute Gasteiger partial charge is 0.371 e. The molecule has 2 N–H and O–H groups in total. The molecule has 1 fully saturated rings. The van der Waals surface area contributed by atoms with Gasteiger partial charge in [0.1, 0.15) is 0 Å². The van der Waals surface area contributed by atoms with Crippen molar-refractivity contribution in [2.45, 2.75) is 18.9 Å². The second kappa shape index (κ2) is 6.43. The predicted octanol–water partition coefficient (Wildman–Crippen LogP) is 1.98. The Labute approximate surface area is 129 Å². The van der Waals surface area contributed by atoms with E-state index in [0.29, 0.717) is 17.6 Å². The van der Waals surface area contributed by atoms with Crippen LogP contribution >= 0.6 is 0 Å². The lowest BCUT2D eigenvalue weighted by Gasteiger charge is -2.34. The van der Waals surface area contributed by atoms with E-state index in [1.54, 1.807) is 30.6 Å². The molecule has 0 bridgehead atoms. The summed E-state index contributed by atoms with van der Waals surface area (Å²) in [6, 6.07) is 9.44. The number of rotatable bonds is 4. The number of nitrogens with zero attached hydrogens (tertiary/aromatic N) is 3. The van der Waals surface area contributed by atoms with E-state index in [1.807, 2.05) is 12.1 Å². The molecule has 113 valence electrons. The number of piperidine rings is 1. The van der Waals surface area contributed by atoms with Crippen molar-refractivity contribution in [3.63, 3.8) is 0 Å². The van der Waals surface area contributed by atoms with Gasteiger partial charge in [0.2, 0.25) is 5.95 Å². The van der Waals surface area contributed by atoms with Gasteiger partial charge in [0.25, 0.3) is 5.91 Å². The Kier molecular flexibility index (Phi) is 4.18. The van der Waals surface area contributed by atoms with Crippen LogP contribution in [0.5, 0.6) is 0 Å². The first-order valence-corrected chi connectivity index (χ1v) is 7.37. The van der Waals surface area contributed by atoms with Crippen LogP contribution in [-0.2, 0) is 0 Å². The second-order valence-electron chi connectivity index (χ2n) is 5.35. The number of aromatic nitrogens is 2. The SMILES string of the molecule is [NH]C(=O)c1ccc(N2CCC(Nc3ncccn3)CC2)cc1. The van der Waals surface area contributed by atoms with Crippen molar-refractivity contribution in [2.24, 2.45) is 0 Å². The Morgan fingerprint density at radius 1 is 1.14 bits per heavy atom. The summed E-state index contributed by atoms with van der Waals surface area (Å²) in [5, 5.41) is 3.36. The van der Waals surface area contributed by atoms with E-state index in [9.17, 15) is 4.79 Å².